The Morgan fingerprint density at radius 1 is 1.18 bits per heavy atom. The van der Waals surface area contributed by atoms with E-state index in [9.17, 15) is 14.4 Å². The second-order valence-corrected chi connectivity index (χ2v) is 6.49. The molecule has 0 unspecified atom stereocenters. The van der Waals surface area contributed by atoms with E-state index < -0.39 is 11.7 Å². The van der Waals surface area contributed by atoms with Crippen molar-refractivity contribution in [3.63, 3.8) is 0 Å². The lowest BCUT2D eigenvalue weighted by molar-refractivity contribution is -0.143. The molecule has 0 heterocycles. The SMILES string of the molecule is CC1(C)CC(=O)C(C(=O)/C=C\NCc2ccccc2)C(=O)C1. The van der Waals surface area contributed by atoms with E-state index in [1.54, 1.807) is 0 Å². The van der Waals surface area contributed by atoms with E-state index in [1.165, 1.54) is 12.3 Å². The standard InChI is InChI=1S/C18H21NO3/c1-18(2)10-15(21)17(16(22)11-18)14(20)8-9-19-12-13-6-4-3-5-7-13/h3-9,17,19H,10-12H2,1-2H3/b9-8-. The lowest BCUT2D eigenvalue weighted by Crippen LogP contribution is -2.41. The molecule has 1 aromatic carbocycles. The Bertz CT molecular complexity index is 582. The zero-order chi connectivity index (χ0) is 16.2. The lowest BCUT2D eigenvalue weighted by atomic mass is 9.70. The second kappa shape index (κ2) is 6.69. The van der Waals surface area contributed by atoms with Gasteiger partial charge in [0.1, 0.15) is 5.92 Å². The fraction of sp³-hybridized carbons (Fsp3) is 0.389. The van der Waals surface area contributed by atoms with Gasteiger partial charge in [0, 0.05) is 25.6 Å². The first-order valence-electron chi connectivity index (χ1n) is 7.42. The maximum atomic E-state index is 12.1. The van der Waals surface area contributed by atoms with Gasteiger partial charge in [0.05, 0.1) is 0 Å². The van der Waals surface area contributed by atoms with Gasteiger partial charge in [0.2, 0.25) is 0 Å². The molecule has 0 aromatic heterocycles. The zero-order valence-corrected chi connectivity index (χ0v) is 13.0. The van der Waals surface area contributed by atoms with Gasteiger partial charge in [-0.05, 0) is 17.1 Å². The summed E-state index contributed by atoms with van der Waals surface area (Å²) in [4.78, 5) is 36.1. The molecule has 1 N–H and O–H groups in total. The lowest BCUT2D eigenvalue weighted by Gasteiger charge is -2.30. The molecule has 1 saturated carbocycles. The highest BCUT2D eigenvalue weighted by atomic mass is 16.2. The quantitative estimate of drug-likeness (QED) is 0.670. The van der Waals surface area contributed by atoms with Gasteiger partial charge in [-0.25, -0.2) is 0 Å². The third-order valence-electron chi connectivity index (χ3n) is 3.75. The molecule has 116 valence electrons. The van der Waals surface area contributed by atoms with Crippen molar-refractivity contribution in [2.75, 3.05) is 0 Å². The number of carbonyl (C=O) groups excluding carboxylic acids is 3. The van der Waals surface area contributed by atoms with Crippen LogP contribution in [0.4, 0.5) is 0 Å². The Hall–Kier alpha value is -2.23. The molecule has 0 spiro atoms. The summed E-state index contributed by atoms with van der Waals surface area (Å²) in [5.74, 6) is -2.06. The first-order valence-corrected chi connectivity index (χ1v) is 7.42. The Balaban J connectivity index is 1.90. The number of hydrogen-bond acceptors (Lipinski definition) is 4. The maximum Gasteiger partial charge on any atom is 0.175 e. The van der Waals surface area contributed by atoms with E-state index in [2.05, 4.69) is 5.32 Å². The summed E-state index contributed by atoms with van der Waals surface area (Å²) < 4.78 is 0. The van der Waals surface area contributed by atoms with Crippen LogP contribution in [0.2, 0.25) is 0 Å². The van der Waals surface area contributed by atoms with Crippen molar-refractivity contribution < 1.29 is 14.4 Å². The smallest absolute Gasteiger partial charge is 0.175 e. The Morgan fingerprint density at radius 3 is 2.36 bits per heavy atom. The van der Waals surface area contributed by atoms with E-state index in [0.29, 0.717) is 6.54 Å². The normalized spacial score (nSPS) is 18.6. The molecule has 0 atom stereocenters. The minimum Gasteiger partial charge on any atom is -0.387 e. The number of ketones is 3. The summed E-state index contributed by atoms with van der Waals surface area (Å²) in [6.07, 6.45) is 3.36. The van der Waals surface area contributed by atoms with Crippen molar-refractivity contribution in [2.24, 2.45) is 11.3 Å². The number of nitrogens with one attached hydrogen (secondary N) is 1. The van der Waals surface area contributed by atoms with E-state index in [1.807, 2.05) is 44.2 Å². The van der Waals surface area contributed by atoms with Crippen molar-refractivity contribution in [1.29, 1.82) is 0 Å². The van der Waals surface area contributed by atoms with Gasteiger partial charge < -0.3 is 5.32 Å². The van der Waals surface area contributed by atoms with Crippen LogP contribution < -0.4 is 5.32 Å². The van der Waals surface area contributed by atoms with E-state index in [4.69, 9.17) is 0 Å². The third kappa shape index (κ3) is 4.13. The molecule has 0 aliphatic heterocycles. The summed E-state index contributed by atoms with van der Waals surface area (Å²) in [5, 5.41) is 2.99. The van der Waals surface area contributed by atoms with Crippen LogP contribution in [0.15, 0.2) is 42.6 Å². The van der Waals surface area contributed by atoms with E-state index in [0.717, 1.165) is 5.56 Å². The minimum atomic E-state index is -1.11. The second-order valence-electron chi connectivity index (χ2n) is 6.49. The number of Topliss-reactive ketones (excluding diaryl/α,β-unsaturated/α-hetero) is 2. The van der Waals surface area contributed by atoms with Crippen LogP contribution in [0.5, 0.6) is 0 Å². The summed E-state index contributed by atoms with van der Waals surface area (Å²) in [5.41, 5.74) is 0.756. The van der Waals surface area contributed by atoms with Gasteiger partial charge >= 0.3 is 0 Å². The molecule has 0 bridgehead atoms. The molecule has 22 heavy (non-hydrogen) atoms. The fourth-order valence-corrected chi connectivity index (χ4v) is 2.72. The molecule has 1 aromatic rings. The molecule has 1 fully saturated rings. The van der Waals surface area contributed by atoms with Crippen LogP contribution in [0.1, 0.15) is 32.3 Å². The van der Waals surface area contributed by atoms with Crippen LogP contribution in [0.3, 0.4) is 0 Å². The average molecular weight is 299 g/mol. The van der Waals surface area contributed by atoms with Crippen LogP contribution in [-0.4, -0.2) is 17.3 Å². The Morgan fingerprint density at radius 2 is 1.77 bits per heavy atom. The van der Waals surface area contributed by atoms with E-state index in [-0.39, 0.29) is 29.8 Å². The van der Waals surface area contributed by atoms with Gasteiger partial charge in [-0.1, -0.05) is 44.2 Å². The molecule has 4 heteroatoms. The molecule has 0 amide bonds. The minimum absolute atomic E-state index is 0.265. The van der Waals surface area contributed by atoms with Crippen molar-refractivity contribution >= 4 is 17.3 Å². The summed E-state index contributed by atoms with van der Waals surface area (Å²) in [7, 11) is 0. The molecule has 1 aliphatic carbocycles. The molecule has 0 saturated heterocycles. The van der Waals surface area contributed by atoms with Crippen molar-refractivity contribution in [3.05, 3.63) is 48.2 Å². The highest BCUT2D eigenvalue weighted by Gasteiger charge is 2.42. The monoisotopic (exact) mass is 299 g/mol. The van der Waals surface area contributed by atoms with Gasteiger partial charge in [0.15, 0.2) is 17.3 Å². The first-order chi connectivity index (χ1) is 10.4. The molecule has 2 rings (SSSR count). The first kappa shape index (κ1) is 16.1. The van der Waals surface area contributed by atoms with E-state index >= 15 is 0 Å². The third-order valence-corrected chi connectivity index (χ3v) is 3.75. The number of rotatable bonds is 5. The van der Waals surface area contributed by atoms with Crippen LogP contribution in [0.25, 0.3) is 0 Å². The van der Waals surface area contributed by atoms with Gasteiger partial charge in [-0.15, -0.1) is 0 Å². The molecule has 0 radical (unpaired) electrons. The Kier molecular flexibility index (Phi) is 4.91. The molecule has 4 nitrogen and oxygen atoms in total. The predicted octanol–water partition coefficient (Wildman–Crippen LogP) is 2.43. The van der Waals surface area contributed by atoms with Crippen LogP contribution in [0, 0.1) is 11.3 Å². The highest BCUT2D eigenvalue weighted by Crippen LogP contribution is 2.34. The van der Waals surface area contributed by atoms with Crippen LogP contribution >= 0.6 is 0 Å². The Labute approximate surface area is 130 Å². The van der Waals surface area contributed by atoms with Crippen LogP contribution in [-0.2, 0) is 20.9 Å². The zero-order valence-electron chi connectivity index (χ0n) is 13.0. The largest absolute Gasteiger partial charge is 0.387 e. The number of carbonyl (C=O) groups is 3. The molecular weight excluding hydrogens is 278 g/mol. The predicted molar refractivity (Wildman–Crippen MR) is 83.9 cm³/mol. The summed E-state index contributed by atoms with van der Waals surface area (Å²) >= 11 is 0. The topological polar surface area (TPSA) is 63.2 Å². The van der Waals surface area contributed by atoms with Crippen molar-refractivity contribution in [2.45, 2.75) is 33.2 Å². The average Bonchev–Trinajstić information content (AvgIpc) is 2.42. The highest BCUT2D eigenvalue weighted by molar-refractivity contribution is 6.23. The molecule has 1 aliphatic rings. The van der Waals surface area contributed by atoms with Crippen molar-refractivity contribution in [1.82, 2.24) is 5.32 Å². The fourth-order valence-electron chi connectivity index (χ4n) is 2.72. The maximum absolute atomic E-state index is 12.1. The molecular formula is C18H21NO3. The number of hydrogen-bond donors (Lipinski definition) is 1. The summed E-state index contributed by atoms with van der Waals surface area (Å²) in [6, 6.07) is 9.75. The van der Waals surface area contributed by atoms with Gasteiger partial charge in [-0.3, -0.25) is 14.4 Å². The van der Waals surface area contributed by atoms with Gasteiger partial charge in [-0.2, -0.15) is 0 Å². The summed E-state index contributed by atoms with van der Waals surface area (Å²) in [6.45, 7) is 4.34. The van der Waals surface area contributed by atoms with Crippen molar-refractivity contribution in [3.8, 4) is 0 Å². The number of benzene rings is 1. The number of allylic oxidation sites excluding steroid dienone is 1. The van der Waals surface area contributed by atoms with Gasteiger partial charge in [0.25, 0.3) is 0 Å².